The quantitative estimate of drug-likeness (QED) is 0.649. The normalized spacial score (nSPS) is 15.6. The molecule has 0 radical (unpaired) electrons. The van der Waals surface area contributed by atoms with Crippen LogP contribution >= 0.6 is 0 Å². The fourth-order valence-electron chi connectivity index (χ4n) is 2.54. The van der Waals surface area contributed by atoms with E-state index >= 15 is 0 Å². The van der Waals surface area contributed by atoms with E-state index in [2.05, 4.69) is 5.32 Å². The summed E-state index contributed by atoms with van der Waals surface area (Å²) < 4.78 is 5.33. The van der Waals surface area contributed by atoms with Crippen LogP contribution in [0.1, 0.15) is 18.1 Å². The molecule has 0 aromatic heterocycles. The molecule has 25 heavy (non-hydrogen) atoms. The molecular weight excluding hydrogens is 320 g/mol. The zero-order valence-electron chi connectivity index (χ0n) is 13.7. The molecule has 0 aliphatic carbocycles. The Kier molecular flexibility index (Phi) is 4.70. The highest BCUT2D eigenvalue weighted by atomic mass is 16.5. The van der Waals surface area contributed by atoms with Crippen molar-refractivity contribution in [3.05, 3.63) is 65.4 Å². The van der Waals surface area contributed by atoms with Gasteiger partial charge in [-0.3, -0.25) is 9.69 Å². The van der Waals surface area contributed by atoms with Crippen molar-refractivity contribution in [2.75, 3.05) is 6.61 Å². The molecule has 1 heterocycles. The SMILES string of the molecule is CCOc1cc(/C=C2/NC(=O)N(Cc3ccccc3)C2=O)ccc1O. The lowest BCUT2D eigenvalue weighted by Gasteiger charge is -2.11. The van der Waals surface area contributed by atoms with Crippen LogP contribution in [0.5, 0.6) is 11.5 Å². The van der Waals surface area contributed by atoms with Gasteiger partial charge in [-0.25, -0.2) is 4.79 Å². The molecule has 0 atom stereocenters. The first kappa shape index (κ1) is 16.6. The van der Waals surface area contributed by atoms with E-state index in [0.717, 1.165) is 10.5 Å². The van der Waals surface area contributed by atoms with Crippen molar-refractivity contribution in [1.29, 1.82) is 0 Å². The van der Waals surface area contributed by atoms with Gasteiger partial charge < -0.3 is 15.2 Å². The van der Waals surface area contributed by atoms with Gasteiger partial charge in [0.05, 0.1) is 13.2 Å². The molecule has 1 aliphatic rings. The van der Waals surface area contributed by atoms with E-state index in [9.17, 15) is 14.7 Å². The van der Waals surface area contributed by atoms with Crippen LogP contribution in [0.2, 0.25) is 0 Å². The molecule has 128 valence electrons. The number of nitrogens with one attached hydrogen (secondary N) is 1. The number of hydrogen-bond acceptors (Lipinski definition) is 4. The van der Waals surface area contributed by atoms with Crippen molar-refractivity contribution >= 4 is 18.0 Å². The summed E-state index contributed by atoms with van der Waals surface area (Å²) in [4.78, 5) is 25.8. The fraction of sp³-hybridized carbons (Fsp3) is 0.158. The average molecular weight is 338 g/mol. The smallest absolute Gasteiger partial charge is 0.329 e. The van der Waals surface area contributed by atoms with Gasteiger partial charge in [0.25, 0.3) is 5.91 Å². The van der Waals surface area contributed by atoms with Crippen molar-refractivity contribution in [3.8, 4) is 11.5 Å². The van der Waals surface area contributed by atoms with Crippen LogP contribution in [0, 0.1) is 0 Å². The zero-order valence-corrected chi connectivity index (χ0v) is 13.7. The van der Waals surface area contributed by atoms with Crippen LogP contribution < -0.4 is 10.1 Å². The van der Waals surface area contributed by atoms with Gasteiger partial charge in [0.2, 0.25) is 0 Å². The highest BCUT2D eigenvalue weighted by Crippen LogP contribution is 2.28. The first-order valence-electron chi connectivity index (χ1n) is 7.92. The Morgan fingerprint density at radius 2 is 1.92 bits per heavy atom. The topological polar surface area (TPSA) is 78.9 Å². The third-order valence-electron chi connectivity index (χ3n) is 3.74. The van der Waals surface area contributed by atoms with Gasteiger partial charge in [0.1, 0.15) is 5.70 Å². The Morgan fingerprint density at radius 1 is 1.16 bits per heavy atom. The summed E-state index contributed by atoms with van der Waals surface area (Å²) in [7, 11) is 0. The van der Waals surface area contributed by atoms with E-state index in [1.165, 1.54) is 6.07 Å². The minimum atomic E-state index is -0.455. The molecule has 6 heteroatoms. The number of benzene rings is 2. The third-order valence-corrected chi connectivity index (χ3v) is 3.74. The van der Waals surface area contributed by atoms with E-state index in [1.54, 1.807) is 18.2 Å². The molecular formula is C19H18N2O4. The highest BCUT2D eigenvalue weighted by Gasteiger charge is 2.33. The van der Waals surface area contributed by atoms with Gasteiger partial charge >= 0.3 is 6.03 Å². The van der Waals surface area contributed by atoms with Crippen LogP contribution in [0.25, 0.3) is 6.08 Å². The molecule has 0 spiro atoms. The number of aromatic hydroxyl groups is 1. The summed E-state index contributed by atoms with van der Waals surface area (Å²) >= 11 is 0. The highest BCUT2D eigenvalue weighted by molar-refractivity contribution is 6.13. The van der Waals surface area contributed by atoms with Crippen LogP contribution in [-0.4, -0.2) is 28.6 Å². The van der Waals surface area contributed by atoms with Gasteiger partial charge in [-0.2, -0.15) is 0 Å². The van der Waals surface area contributed by atoms with E-state index in [4.69, 9.17) is 4.74 Å². The third kappa shape index (κ3) is 3.63. The first-order chi connectivity index (χ1) is 12.1. The Hall–Kier alpha value is -3.28. The van der Waals surface area contributed by atoms with Gasteiger partial charge in [-0.05, 0) is 36.3 Å². The summed E-state index contributed by atoms with van der Waals surface area (Å²) in [6.45, 7) is 2.43. The Labute approximate surface area is 145 Å². The number of hydrogen-bond donors (Lipinski definition) is 2. The first-order valence-corrected chi connectivity index (χ1v) is 7.92. The standard InChI is InChI=1S/C19H18N2O4/c1-2-25-17-11-14(8-9-16(17)22)10-15-18(23)21(19(24)20-15)12-13-6-4-3-5-7-13/h3-11,22H,2,12H2,1H3,(H,20,24)/b15-10+. The Morgan fingerprint density at radius 3 is 2.64 bits per heavy atom. The molecule has 2 N–H and O–H groups in total. The second-order valence-electron chi connectivity index (χ2n) is 5.53. The van der Waals surface area contributed by atoms with Crippen molar-refractivity contribution in [2.24, 2.45) is 0 Å². The molecule has 1 saturated heterocycles. The number of ether oxygens (including phenoxy) is 1. The summed E-state index contributed by atoms with van der Waals surface area (Å²) in [5.41, 5.74) is 1.70. The molecule has 0 bridgehead atoms. The van der Waals surface area contributed by atoms with E-state index in [-0.39, 0.29) is 23.9 Å². The van der Waals surface area contributed by atoms with Crippen LogP contribution in [-0.2, 0) is 11.3 Å². The van der Waals surface area contributed by atoms with Gasteiger partial charge in [-0.15, -0.1) is 0 Å². The number of urea groups is 1. The molecule has 3 rings (SSSR count). The lowest BCUT2D eigenvalue weighted by atomic mass is 10.1. The maximum absolute atomic E-state index is 12.5. The molecule has 1 fully saturated rings. The van der Waals surface area contributed by atoms with Gasteiger partial charge in [0.15, 0.2) is 11.5 Å². The molecule has 0 unspecified atom stereocenters. The second-order valence-corrected chi connectivity index (χ2v) is 5.53. The zero-order chi connectivity index (χ0) is 17.8. The van der Waals surface area contributed by atoms with Crippen LogP contribution in [0.3, 0.4) is 0 Å². The summed E-state index contributed by atoms with van der Waals surface area (Å²) in [5.74, 6) is -0.0360. The molecule has 2 aromatic rings. The predicted octanol–water partition coefficient (Wildman–Crippen LogP) is 2.88. The number of carbonyl (C=O) groups excluding carboxylic acids is 2. The number of nitrogens with zero attached hydrogens (tertiary/aromatic N) is 1. The molecule has 2 aromatic carbocycles. The number of phenols is 1. The number of phenolic OH excluding ortho intramolecular Hbond substituents is 1. The lowest BCUT2D eigenvalue weighted by molar-refractivity contribution is -0.123. The average Bonchev–Trinajstić information content (AvgIpc) is 2.86. The Balaban J connectivity index is 1.82. The fourth-order valence-corrected chi connectivity index (χ4v) is 2.54. The Bertz CT molecular complexity index is 831. The molecule has 6 nitrogen and oxygen atoms in total. The maximum Gasteiger partial charge on any atom is 0.329 e. The van der Waals surface area contributed by atoms with Crippen molar-refractivity contribution in [1.82, 2.24) is 10.2 Å². The van der Waals surface area contributed by atoms with Crippen molar-refractivity contribution in [3.63, 3.8) is 0 Å². The second kappa shape index (κ2) is 7.09. The molecule has 3 amide bonds. The van der Waals surface area contributed by atoms with Crippen LogP contribution in [0.4, 0.5) is 4.79 Å². The predicted molar refractivity (Wildman–Crippen MR) is 92.8 cm³/mol. The monoisotopic (exact) mass is 338 g/mol. The molecule has 0 saturated carbocycles. The summed E-state index contributed by atoms with van der Waals surface area (Å²) in [6, 6.07) is 13.6. The number of rotatable bonds is 5. The summed E-state index contributed by atoms with van der Waals surface area (Å²) in [6.07, 6.45) is 1.56. The van der Waals surface area contributed by atoms with E-state index in [0.29, 0.717) is 17.9 Å². The van der Waals surface area contributed by atoms with Gasteiger partial charge in [-0.1, -0.05) is 36.4 Å². The number of carbonyl (C=O) groups is 2. The lowest BCUT2D eigenvalue weighted by Crippen LogP contribution is -2.30. The molecule has 1 aliphatic heterocycles. The van der Waals surface area contributed by atoms with E-state index in [1.807, 2.05) is 37.3 Å². The number of imide groups is 1. The summed E-state index contributed by atoms with van der Waals surface area (Å²) in [5, 5.41) is 12.3. The van der Waals surface area contributed by atoms with Crippen molar-refractivity contribution < 1.29 is 19.4 Å². The number of amides is 3. The van der Waals surface area contributed by atoms with Gasteiger partial charge in [0, 0.05) is 0 Å². The van der Waals surface area contributed by atoms with E-state index < -0.39 is 6.03 Å². The minimum absolute atomic E-state index is 0.0245. The van der Waals surface area contributed by atoms with Crippen LogP contribution in [0.15, 0.2) is 54.2 Å². The van der Waals surface area contributed by atoms with Crippen molar-refractivity contribution in [2.45, 2.75) is 13.5 Å². The minimum Gasteiger partial charge on any atom is -0.504 e. The maximum atomic E-state index is 12.5. The largest absolute Gasteiger partial charge is 0.504 e.